The molecule has 10 heteroatoms. The van der Waals surface area contributed by atoms with Crippen LogP contribution in [0.4, 0.5) is 15.8 Å². The molecule has 0 aliphatic carbocycles. The number of nitrogens with zero attached hydrogens (tertiary/aromatic N) is 2. The molecule has 2 aromatic rings. The van der Waals surface area contributed by atoms with Crippen LogP contribution in [-0.2, 0) is 11.9 Å². The lowest BCUT2D eigenvalue weighted by atomic mass is 9.73. The molecule has 0 atom stereocenters. The Labute approximate surface area is 161 Å². The fourth-order valence-corrected chi connectivity index (χ4v) is 2.62. The first-order valence-electron chi connectivity index (χ1n) is 8.07. The van der Waals surface area contributed by atoms with E-state index in [0.29, 0.717) is 5.46 Å². The van der Waals surface area contributed by atoms with Crippen LogP contribution in [0.25, 0.3) is 0 Å². The fourth-order valence-electron chi connectivity index (χ4n) is 2.33. The molecule has 1 radical (unpaired) electrons. The number of aliphatic hydroxyl groups is 1. The predicted molar refractivity (Wildman–Crippen MR) is 103 cm³/mol. The van der Waals surface area contributed by atoms with E-state index >= 15 is 0 Å². The third-order valence-corrected chi connectivity index (χ3v) is 4.15. The maximum Gasteiger partial charge on any atom is 0.280 e. The van der Waals surface area contributed by atoms with E-state index in [-0.39, 0.29) is 35.2 Å². The second kappa shape index (κ2) is 9.03. The van der Waals surface area contributed by atoms with Crippen molar-refractivity contribution in [2.75, 3.05) is 25.6 Å². The summed E-state index contributed by atoms with van der Waals surface area (Å²) < 4.78 is 15.5. The Morgan fingerprint density at radius 1 is 1.48 bits per heavy atom. The van der Waals surface area contributed by atoms with Crippen molar-refractivity contribution in [1.29, 1.82) is 0 Å². The zero-order valence-corrected chi connectivity index (χ0v) is 15.9. The number of aliphatic hydroxyl groups excluding tert-OH is 1. The van der Waals surface area contributed by atoms with Crippen LogP contribution in [0.1, 0.15) is 10.4 Å². The van der Waals surface area contributed by atoms with Crippen molar-refractivity contribution in [3.63, 3.8) is 0 Å². The molecule has 0 saturated heterocycles. The van der Waals surface area contributed by atoms with E-state index in [1.54, 1.807) is 20.2 Å². The molecule has 0 fully saturated rings. The number of hydrogen-bond donors (Lipinski definition) is 2. The van der Waals surface area contributed by atoms with Gasteiger partial charge in [0.25, 0.3) is 11.5 Å². The van der Waals surface area contributed by atoms with Crippen LogP contribution in [0.5, 0.6) is 0 Å². The van der Waals surface area contributed by atoms with Crippen LogP contribution < -0.4 is 16.3 Å². The number of carbonyl (C=O) groups is 1. The topological polar surface area (TPSA) is 83.8 Å². The van der Waals surface area contributed by atoms with E-state index in [0.717, 1.165) is 9.63 Å². The lowest BCUT2D eigenvalue weighted by Gasteiger charge is -2.20. The summed E-state index contributed by atoms with van der Waals surface area (Å²) in [5.41, 5.74) is 0.170. The average molecular weight is 395 g/mol. The highest BCUT2D eigenvalue weighted by atomic mass is 35.5. The van der Waals surface area contributed by atoms with Crippen molar-refractivity contribution in [2.45, 2.75) is 6.82 Å². The van der Waals surface area contributed by atoms with Gasteiger partial charge in [0.15, 0.2) is 0 Å². The van der Waals surface area contributed by atoms with Gasteiger partial charge in [-0.25, -0.2) is 9.45 Å². The van der Waals surface area contributed by atoms with Crippen molar-refractivity contribution in [3.05, 3.63) is 51.2 Å². The number of pyridine rings is 1. The molecule has 1 aromatic heterocycles. The minimum absolute atomic E-state index is 0.00747. The van der Waals surface area contributed by atoms with Crippen molar-refractivity contribution < 1.29 is 19.1 Å². The van der Waals surface area contributed by atoms with E-state index in [2.05, 4.69) is 5.32 Å². The third-order valence-electron chi connectivity index (χ3n) is 3.80. The molecule has 0 bridgehead atoms. The summed E-state index contributed by atoms with van der Waals surface area (Å²) in [5.74, 6) is -1.19. The van der Waals surface area contributed by atoms with Crippen LogP contribution in [0, 0.1) is 5.82 Å². The highest BCUT2D eigenvalue weighted by Gasteiger charge is 2.23. The maximum absolute atomic E-state index is 14.3. The minimum atomic E-state index is -0.623. The summed E-state index contributed by atoms with van der Waals surface area (Å²) in [5, 5.41) is 12.2. The van der Waals surface area contributed by atoms with Gasteiger partial charge in [-0.1, -0.05) is 30.0 Å². The molecule has 0 unspecified atom stereocenters. The highest BCUT2D eigenvalue weighted by Crippen LogP contribution is 2.28. The van der Waals surface area contributed by atoms with E-state index in [1.807, 2.05) is 0 Å². The highest BCUT2D eigenvalue weighted by molar-refractivity contribution is 6.51. The molecule has 2 rings (SSSR count). The predicted octanol–water partition coefficient (Wildman–Crippen LogP) is 1.29. The number of anilines is 2. The largest absolute Gasteiger partial charge is 0.394 e. The monoisotopic (exact) mass is 394 g/mol. The molecule has 27 heavy (non-hydrogen) atoms. The Hall–Kier alpha value is -2.36. The van der Waals surface area contributed by atoms with Gasteiger partial charge in [0.05, 0.1) is 30.2 Å². The zero-order chi connectivity index (χ0) is 20.1. The summed E-state index contributed by atoms with van der Waals surface area (Å²) >= 11 is 6.14. The Morgan fingerprint density at radius 3 is 2.78 bits per heavy atom. The Kier molecular flexibility index (Phi) is 7.01. The molecule has 0 spiro atoms. The van der Waals surface area contributed by atoms with Gasteiger partial charge in [0.2, 0.25) is 0 Å². The van der Waals surface area contributed by atoms with Gasteiger partial charge >= 0.3 is 0 Å². The third kappa shape index (κ3) is 4.68. The number of carbonyl (C=O) groups excluding carboxylic acids is 1. The van der Waals surface area contributed by atoms with Gasteiger partial charge in [-0.3, -0.25) is 14.4 Å². The normalized spacial score (nSPS) is 10.6. The molecule has 1 heterocycles. The van der Waals surface area contributed by atoms with Gasteiger partial charge in [-0.2, -0.15) is 0 Å². The first-order chi connectivity index (χ1) is 12.8. The number of aryl methyl sites for hydroxylation is 1. The van der Waals surface area contributed by atoms with Crippen molar-refractivity contribution in [3.8, 4) is 0 Å². The van der Waals surface area contributed by atoms with E-state index < -0.39 is 17.3 Å². The van der Waals surface area contributed by atoms with Crippen LogP contribution >= 0.6 is 11.6 Å². The van der Waals surface area contributed by atoms with Crippen LogP contribution in [0.3, 0.4) is 0 Å². The first-order valence-corrected chi connectivity index (χ1v) is 8.44. The molecule has 0 saturated carbocycles. The minimum Gasteiger partial charge on any atom is -0.394 e. The van der Waals surface area contributed by atoms with E-state index in [4.69, 9.17) is 21.5 Å². The van der Waals surface area contributed by atoms with Gasteiger partial charge in [-0.05, 0) is 12.1 Å². The zero-order valence-electron chi connectivity index (χ0n) is 15.1. The quantitative estimate of drug-likeness (QED) is 0.546. The van der Waals surface area contributed by atoms with Crippen LogP contribution in [0.2, 0.25) is 11.8 Å². The van der Waals surface area contributed by atoms with Gasteiger partial charge in [0, 0.05) is 20.3 Å². The molecule has 0 aliphatic rings. The first kappa shape index (κ1) is 21.0. The molecular weight excluding hydrogens is 375 g/mol. The number of halogens is 2. The van der Waals surface area contributed by atoms with Crippen molar-refractivity contribution in [2.24, 2.45) is 7.05 Å². The number of hydrogen-bond acceptors (Lipinski definition) is 5. The number of benzene rings is 1. The fraction of sp³-hybridized carbons (Fsp3) is 0.294. The second-order valence-electron chi connectivity index (χ2n) is 5.66. The van der Waals surface area contributed by atoms with E-state index in [9.17, 15) is 14.0 Å². The SMILES string of the molecule is C[B]c1ccc(Nc2c(C(=O)N(C)OCCO)cn(C)c(=O)c2Cl)c(F)c1. The van der Waals surface area contributed by atoms with Crippen LogP contribution in [0.15, 0.2) is 29.2 Å². The lowest BCUT2D eigenvalue weighted by Crippen LogP contribution is -2.31. The smallest absolute Gasteiger partial charge is 0.280 e. The number of nitrogens with one attached hydrogen (secondary N) is 1. The van der Waals surface area contributed by atoms with E-state index in [1.165, 1.54) is 32.4 Å². The summed E-state index contributed by atoms with van der Waals surface area (Å²) in [6.45, 7) is 1.41. The lowest BCUT2D eigenvalue weighted by molar-refractivity contribution is -0.114. The number of hydroxylamine groups is 2. The van der Waals surface area contributed by atoms with Crippen molar-refractivity contribution in [1.82, 2.24) is 9.63 Å². The summed E-state index contributed by atoms with van der Waals surface area (Å²) in [6, 6.07) is 4.48. The average Bonchev–Trinajstić information content (AvgIpc) is 2.66. The Bertz CT molecular complexity index is 906. The molecule has 1 amide bonds. The Balaban J connectivity index is 2.50. The molecule has 1 aromatic carbocycles. The second-order valence-corrected chi connectivity index (χ2v) is 6.04. The molecule has 7 nitrogen and oxygen atoms in total. The van der Waals surface area contributed by atoms with Crippen LogP contribution in [-0.4, -0.2) is 48.2 Å². The molecule has 2 N–H and O–H groups in total. The molecular formula is C17H19BClFN3O4. The van der Waals surface area contributed by atoms with Crippen molar-refractivity contribution >= 4 is 41.6 Å². The number of aromatic nitrogens is 1. The maximum atomic E-state index is 14.3. The number of rotatable bonds is 7. The summed E-state index contributed by atoms with van der Waals surface area (Å²) in [7, 11) is 4.53. The molecule has 143 valence electrons. The number of amides is 1. The van der Waals surface area contributed by atoms with Gasteiger partial charge < -0.3 is 15.0 Å². The summed E-state index contributed by atoms with van der Waals surface area (Å²) in [4.78, 5) is 29.9. The molecule has 0 aliphatic heterocycles. The standard InChI is InChI=1S/C17H19BClFN3O4/c1-18-10-4-5-13(12(20)8-10)21-15-11(9-22(2)17(26)14(15)19)16(25)23(3)27-7-6-24/h4-5,8-9,21,24H,6-7H2,1-3H3. The summed E-state index contributed by atoms with van der Waals surface area (Å²) in [6.07, 6.45) is 1.28. The Morgan fingerprint density at radius 2 is 2.19 bits per heavy atom. The van der Waals surface area contributed by atoms with Gasteiger partial charge in [0.1, 0.15) is 18.1 Å². The van der Waals surface area contributed by atoms with Gasteiger partial charge in [-0.15, -0.1) is 0 Å².